The monoisotopic (exact) mass is 317 g/mol. The predicted molar refractivity (Wildman–Crippen MR) is 94.6 cm³/mol. The molecule has 4 heteroatoms. The topological polar surface area (TPSA) is 28.2 Å². The number of hydrogen-bond donors (Lipinski definition) is 1. The van der Waals surface area contributed by atoms with Gasteiger partial charge in [0.05, 0.1) is 0 Å². The van der Waals surface area contributed by atoms with Crippen LogP contribution in [-0.2, 0) is 6.54 Å². The standard InChI is InChI=1S/C18H27N3S/c22-18(20-16-8-4-2-1-3-5-9-16)21(17-10-11-17)14-15-7-6-12-19-13-15/h6-7,12-13,16-17H,1-5,8-11,14H2,(H,20,22). The molecule has 0 unspecified atom stereocenters. The Balaban J connectivity index is 1.57. The summed E-state index contributed by atoms with van der Waals surface area (Å²) in [5.74, 6) is 0. The second-order valence-electron chi connectivity index (χ2n) is 6.71. The third-order valence-electron chi connectivity index (χ3n) is 4.76. The van der Waals surface area contributed by atoms with Crippen LogP contribution in [0.3, 0.4) is 0 Å². The summed E-state index contributed by atoms with van der Waals surface area (Å²) in [7, 11) is 0. The lowest BCUT2D eigenvalue weighted by Crippen LogP contribution is -2.45. The molecule has 2 saturated carbocycles. The van der Waals surface area contributed by atoms with Crippen molar-refractivity contribution in [1.82, 2.24) is 15.2 Å². The predicted octanol–water partition coefficient (Wildman–Crippen LogP) is 4.03. The summed E-state index contributed by atoms with van der Waals surface area (Å²) < 4.78 is 0. The van der Waals surface area contributed by atoms with E-state index in [1.165, 1.54) is 63.4 Å². The lowest BCUT2D eigenvalue weighted by molar-refractivity contribution is 0.368. The first-order chi connectivity index (χ1) is 10.8. The molecule has 0 radical (unpaired) electrons. The molecule has 3 rings (SSSR count). The average Bonchev–Trinajstić information content (AvgIpc) is 3.33. The first kappa shape index (κ1) is 15.7. The minimum Gasteiger partial charge on any atom is -0.360 e. The summed E-state index contributed by atoms with van der Waals surface area (Å²) in [4.78, 5) is 6.61. The molecule has 1 aromatic heterocycles. The molecule has 0 bridgehead atoms. The van der Waals surface area contributed by atoms with Crippen molar-refractivity contribution < 1.29 is 0 Å². The highest BCUT2D eigenvalue weighted by Crippen LogP contribution is 2.29. The second kappa shape index (κ2) is 7.91. The maximum atomic E-state index is 5.74. The number of aromatic nitrogens is 1. The van der Waals surface area contributed by atoms with E-state index in [0.717, 1.165) is 11.7 Å². The van der Waals surface area contributed by atoms with E-state index in [9.17, 15) is 0 Å². The molecular weight excluding hydrogens is 290 g/mol. The maximum absolute atomic E-state index is 5.74. The van der Waals surface area contributed by atoms with Crippen molar-refractivity contribution in [3.05, 3.63) is 30.1 Å². The molecule has 2 aliphatic carbocycles. The van der Waals surface area contributed by atoms with E-state index in [4.69, 9.17) is 12.2 Å². The van der Waals surface area contributed by atoms with Crippen LogP contribution in [0.5, 0.6) is 0 Å². The second-order valence-corrected chi connectivity index (χ2v) is 7.10. The molecule has 1 N–H and O–H groups in total. The highest BCUT2D eigenvalue weighted by molar-refractivity contribution is 7.80. The smallest absolute Gasteiger partial charge is 0.169 e. The molecule has 2 aliphatic rings. The summed E-state index contributed by atoms with van der Waals surface area (Å²) >= 11 is 5.74. The Hall–Kier alpha value is -1.16. The van der Waals surface area contributed by atoms with Crippen molar-refractivity contribution >= 4 is 17.3 Å². The van der Waals surface area contributed by atoms with Crippen LogP contribution in [0.1, 0.15) is 63.4 Å². The van der Waals surface area contributed by atoms with E-state index in [0.29, 0.717) is 12.1 Å². The van der Waals surface area contributed by atoms with Crippen LogP contribution in [0, 0.1) is 0 Å². The quantitative estimate of drug-likeness (QED) is 0.849. The van der Waals surface area contributed by atoms with Gasteiger partial charge in [-0.05, 0) is 49.5 Å². The van der Waals surface area contributed by atoms with Crippen molar-refractivity contribution in [3.8, 4) is 0 Å². The third kappa shape index (κ3) is 4.67. The van der Waals surface area contributed by atoms with Gasteiger partial charge in [0, 0.05) is 31.0 Å². The molecule has 0 atom stereocenters. The van der Waals surface area contributed by atoms with Gasteiger partial charge >= 0.3 is 0 Å². The number of nitrogens with one attached hydrogen (secondary N) is 1. The maximum Gasteiger partial charge on any atom is 0.169 e. The van der Waals surface area contributed by atoms with Gasteiger partial charge in [-0.2, -0.15) is 0 Å². The van der Waals surface area contributed by atoms with E-state index < -0.39 is 0 Å². The first-order valence-electron chi connectivity index (χ1n) is 8.79. The Morgan fingerprint density at radius 1 is 1.14 bits per heavy atom. The molecule has 1 aromatic rings. The number of rotatable bonds is 4. The molecule has 0 saturated heterocycles. The van der Waals surface area contributed by atoms with Crippen LogP contribution >= 0.6 is 12.2 Å². The Morgan fingerprint density at radius 3 is 2.50 bits per heavy atom. The zero-order chi connectivity index (χ0) is 15.2. The molecule has 2 fully saturated rings. The van der Waals surface area contributed by atoms with Gasteiger partial charge in [0.15, 0.2) is 5.11 Å². The summed E-state index contributed by atoms with van der Waals surface area (Å²) in [5.41, 5.74) is 1.25. The van der Waals surface area contributed by atoms with Crippen LogP contribution in [0.15, 0.2) is 24.5 Å². The third-order valence-corrected chi connectivity index (χ3v) is 5.11. The summed E-state index contributed by atoms with van der Waals surface area (Å²) in [6.45, 7) is 0.886. The number of thiocarbonyl (C=S) groups is 1. The first-order valence-corrected chi connectivity index (χ1v) is 9.20. The van der Waals surface area contributed by atoms with Crippen molar-refractivity contribution in [3.63, 3.8) is 0 Å². The molecule has 0 aliphatic heterocycles. The van der Waals surface area contributed by atoms with Gasteiger partial charge in [0.1, 0.15) is 0 Å². The fourth-order valence-electron chi connectivity index (χ4n) is 3.30. The summed E-state index contributed by atoms with van der Waals surface area (Å²) in [6.07, 6.45) is 15.7. The molecule has 0 aromatic carbocycles. The highest BCUT2D eigenvalue weighted by atomic mass is 32.1. The zero-order valence-electron chi connectivity index (χ0n) is 13.3. The van der Waals surface area contributed by atoms with Crippen LogP contribution in [0.4, 0.5) is 0 Å². The summed E-state index contributed by atoms with van der Waals surface area (Å²) in [5, 5.41) is 4.62. The normalized spacial score (nSPS) is 20.0. The van der Waals surface area contributed by atoms with Crippen molar-refractivity contribution in [2.45, 2.75) is 76.4 Å². The highest BCUT2D eigenvalue weighted by Gasteiger charge is 2.31. The minimum absolute atomic E-state index is 0.572. The van der Waals surface area contributed by atoms with Crippen molar-refractivity contribution in [2.75, 3.05) is 0 Å². The SMILES string of the molecule is S=C(NC1CCCCCCC1)N(Cc1cccnc1)C1CC1. The van der Waals surface area contributed by atoms with Gasteiger partial charge in [0.25, 0.3) is 0 Å². The molecular formula is C18H27N3S. The van der Waals surface area contributed by atoms with E-state index in [-0.39, 0.29) is 0 Å². The largest absolute Gasteiger partial charge is 0.360 e. The van der Waals surface area contributed by atoms with E-state index in [2.05, 4.69) is 21.3 Å². The van der Waals surface area contributed by atoms with E-state index in [1.807, 2.05) is 18.5 Å². The molecule has 1 heterocycles. The number of nitrogens with zero attached hydrogens (tertiary/aromatic N) is 2. The van der Waals surface area contributed by atoms with Gasteiger partial charge in [-0.25, -0.2) is 0 Å². The Kier molecular flexibility index (Phi) is 5.65. The average molecular weight is 318 g/mol. The lowest BCUT2D eigenvalue weighted by atomic mass is 9.97. The lowest BCUT2D eigenvalue weighted by Gasteiger charge is -2.30. The van der Waals surface area contributed by atoms with Crippen LogP contribution in [0.2, 0.25) is 0 Å². The number of pyridine rings is 1. The van der Waals surface area contributed by atoms with Crippen molar-refractivity contribution in [2.24, 2.45) is 0 Å². The van der Waals surface area contributed by atoms with Gasteiger partial charge in [-0.3, -0.25) is 4.98 Å². The van der Waals surface area contributed by atoms with Gasteiger partial charge in [0.2, 0.25) is 0 Å². The van der Waals surface area contributed by atoms with Crippen LogP contribution in [0.25, 0.3) is 0 Å². The van der Waals surface area contributed by atoms with Gasteiger partial charge < -0.3 is 10.2 Å². The summed E-state index contributed by atoms with van der Waals surface area (Å²) in [6, 6.07) is 5.35. The van der Waals surface area contributed by atoms with Gasteiger partial charge in [-0.15, -0.1) is 0 Å². The molecule has 22 heavy (non-hydrogen) atoms. The Labute approximate surface area is 139 Å². The number of hydrogen-bond acceptors (Lipinski definition) is 2. The molecule has 3 nitrogen and oxygen atoms in total. The fourth-order valence-corrected chi connectivity index (χ4v) is 3.68. The molecule has 120 valence electrons. The Morgan fingerprint density at radius 2 is 1.86 bits per heavy atom. The van der Waals surface area contributed by atoms with Crippen molar-refractivity contribution in [1.29, 1.82) is 0 Å². The zero-order valence-corrected chi connectivity index (χ0v) is 14.2. The molecule has 0 amide bonds. The molecule has 0 spiro atoms. The minimum atomic E-state index is 0.572. The van der Waals surface area contributed by atoms with Gasteiger partial charge in [-0.1, -0.05) is 38.2 Å². The van der Waals surface area contributed by atoms with Crippen LogP contribution in [-0.4, -0.2) is 27.1 Å². The Bertz CT molecular complexity index is 464. The van der Waals surface area contributed by atoms with E-state index >= 15 is 0 Å². The van der Waals surface area contributed by atoms with E-state index in [1.54, 1.807) is 0 Å². The van der Waals surface area contributed by atoms with Crippen LogP contribution < -0.4 is 5.32 Å². The fraction of sp³-hybridized carbons (Fsp3) is 0.667.